The number of aromatic amines is 1. The van der Waals surface area contributed by atoms with Crippen molar-refractivity contribution in [3.63, 3.8) is 0 Å². The Bertz CT molecular complexity index is 502. The molecular weight excluding hydrogens is 238 g/mol. The second-order valence-electron chi connectivity index (χ2n) is 3.30. The highest BCUT2D eigenvalue weighted by Crippen LogP contribution is 2.33. The Morgan fingerprint density at radius 3 is 2.94 bits per heavy atom. The van der Waals surface area contributed by atoms with Gasteiger partial charge in [0.1, 0.15) is 5.56 Å². The quantitative estimate of drug-likeness (QED) is 0.850. The molecule has 0 aliphatic rings. The zero-order chi connectivity index (χ0) is 12.3. The third-order valence-corrected chi connectivity index (χ3v) is 3.20. The Kier molecular flexibility index (Phi) is 3.49. The maximum absolute atomic E-state index is 11.9. The molecular formula is C12H13NO3S. The summed E-state index contributed by atoms with van der Waals surface area (Å²) in [5, 5.41) is 1.96. The minimum absolute atomic E-state index is 0.344. The van der Waals surface area contributed by atoms with Gasteiger partial charge < -0.3 is 14.5 Å². The molecule has 0 fully saturated rings. The Balaban J connectivity index is 2.46. The summed E-state index contributed by atoms with van der Waals surface area (Å²) in [6.07, 6.45) is 1.67. The lowest BCUT2D eigenvalue weighted by Crippen LogP contribution is -2.06. The van der Waals surface area contributed by atoms with Crippen LogP contribution >= 0.6 is 11.3 Å². The molecule has 0 saturated heterocycles. The van der Waals surface area contributed by atoms with Gasteiger partial charge in [0.15, 0.2) is 5.75 Å². The Morgan fingerprint density at radius 1 is 1.53 bits per heavy atom. The highest BCUT2D eigenvalue weighted by Gasteiger charge is 2.22. The van der Waals surface area contributed by atoms with Crippen LogP contribution < -0.4 is 4.74 Å². The predicted octanol–water partition coefficient (Wildman–Crippen LogP) is 2.93. The first-order chi connectivity index (χ1) is 8.27. The van der Waals surface area contributed by atoms with E-state index in [1.54, 1.807) is 24.5 Å². The molecule has 4 nitrogen and oxygen atoms in total. The number of H-pyrrole nitrogens is 1. The molecule has 1 N–H and O–H groups in total. The number of esters is 1. The predicted molar refractivity (Wildman–Crippen MR) is 66.6 cm³/mol. The highest BCUT2D eigenvalue weighted by atomic mass is 32.1. The number of hydrogen-bond donors (Lipinski definition) is 1. The first-order valence-corrected chi connectivity index (χ1v) is 6.12. The summed E-state index contributed by atoms with van der Waals surface area (Å²) in [6.45, 7) is 2.12. The van der Waals surface area contributed by atoms with E-state index in [9.17, 15) is 4.79 Å². The average Bonchev–Trinajstić information content (AvgIpc) is 2.97. The van der Waals surface area contributed by atoms with Gasteiger partial charge in [-0.25, -0.2) is 4.79 Å². The summed E-state index contributed by atoms with van der Waals surface area (Å²) in [4.78, 5) is 15.9. The number of thiophene rings is 1. The number of aromatic nitrogens is 1. The summed E-state index contributed by atoms with van der Waals surface area (Å²) in [7, 11) is 1.53. The average molecular weight is 251 g/mol. The van der Waals surface area contributed by atoms with E-state index < -0.39 is 0 Å². The molecule has 2 aromatic heterocycles. The van der Waals surface area contributed by atoms with E-state index in [0.29, 0.717) is 17.9 Å². The van der Waals surface area contributed by atoms with E-state index in [1.807, 2.05) is 17.5 Å². The molecule has 0 radical (unpaired) electrons. The second-order valence-corrected chi connectivity index (χ2v) is 4.25. The van der Waals surface area contributed by atoms with Crippen molar-refractivity contribution in [1.82, 2.24) is 4.98 Å². The summed E-state index contributed by atoms with van der Waals surface area (Å²) >= 11 is 1.55. The molecule has 0 saturated carbocycles. The smallest absolute Gasteiger partial charge is 0.344 e. The van der Waals surface area contributed by atoms with Gasteiger partial charge in [-0.2, -0.15) is 0 Å². The number of hydrogen-bond acceptors (Lipinski definition) is 4. The fourth-order valence-electron chi connectivity index (χ4n) is 1.59. The molecule has 2 heterocycles. The summed E-state index contributed by atoms with van der Waals surface area (Å²) in [5.74, 6) is 0.140. The van der Waals surface area contributed by atoms with Crippen molar-refractivity contribution in [2.45, 2.75) is 6.92 Å². The van der Waals surface area contributed by atoms with Crippen LogP contribution in [0.1, 0.15) is 17.3 Å². The van der Waals surface area contributed by atoms with E-state index in [4.69, 9.17) is 9.47 Å². The minimum atomic E-state index is -0.367. The van der Waals surface area contributed by atoms with Crippen LogP contribution in [0.2, 0.25) is 0 Å². The molecule has 90 valence electrons. The molecule has 0 unspecified atom stereocenters. The molecule has 5 heteroatoms. The van der Waals surface area contributed by atoms with Crippen molar-refractivity contribution in [2.75, 3.05) is 13.7 Å². The van der Waals surface area contributed by atoms with E-state index >= 15 is 0 Å². The van der Waals surface area contributed by atoms with E-state index in [1.165, 1.54) is 7.11 Å². The van der Waals surface area contributed by atoms with Crippen molar-refractivity contribution in [3.8, 4) is 16.3 Å². The zero-order valence-corrected chi connectivity index (χ0v) is 10.5. The molecule has 17 heavy (non-hydrogen) atoms. The van der Waals surface area contributed by atoms with Crippen LogP contribution in [-0.2, 0) is 4.74 Å². The summed E-state index contributed by atoms with van der Waals surface area (Å²) in [5.41, 5.74) is 1.20. The van der Waals surface area contributed by atoms with Gasteiger partial charge in [-0.15, -0.1) is 11.3 Å². The molecule has 0 spiro atoms. The number of ether oxygens (including phenoxy) is 2. The fourth-order valence-corrected chi connectivity index (χ4v) is 2.33. The van der Waals surface area contributed by atoms with Gasteiger partial charge in [0.2, 0.25) is 0 Å². The monoisotopic (exact) mass is 251 g/mol. The van der Waals surface area contributed by atoms with Crippen LogP contribution in [0.5, 0.6) is 5.75 Å². The SMILES string of the molecule is CCOC(=O)c1c(OC)c[nH]c1-c1cccs1. The van der Waals surface area contributed by atoms with E-state index in [-0.39, 0.29) is 5.97 Å². The molecule has 0 aliphatic carbocycles. The standard InChI is InChI=1S/C12H13NO3S/c1-3-16-12(14)10-8(15-2)7-13-11(10)9-5-4-6-17-9/h4-7,13H,3H2,1-2H3. The Hall–Kier alpha value is -1.75. The first-order valence-electron chi connectivity index (χ1n) is 5.24. The van der Waals surface area contributed by atoms with Crippen LogP contribution in [0.4, 0.5) is 0 Å². The lowest BCUT2D eigenvalue weighted by molar-refractivity contribution is 0.0524. The van der Waals surface area contributed by atoms with Gasteiger partial charge in [0, 0.05) is 6.20 Å². The van der Waals surface area contributed by atoms with Crippen molar-refractivity contribution in [3.05, 3.63) is 29.3 Å². The first kappa shape index (κ1) is 11.7. The molecule has 0 bridgehead atoms. The number of nitrogens with one attached hydrogen (secondary N) is 1. The zero-order valence-electron chi connectivity index (χ0n) is 9.65. The van der Waals surface area contributed by atoms with Crippen LogP contribution in [-0.4, -0.2) is 24.7 Å². The maximum Gasteiger partial charge on any atom is 0.344 e. The second kappa shape index (κ2) is 5.05. The van der Waals surface area contributed by atoms with Crippen LogP contribution in [0.3, 0.4) is 0 Å². The lowest BCUT2D eigenvalue weighted by atomic mass is 10.2. The van der Waals surface area contributed by atoms with E-state index in [0.717, 1.165) is 10.6 Å². The molecule has 0 atom stereocenters. The Labute approximate surface area is 103 Å². The van der Waals surface area contributed by atoms with Crippen LogP contribution in [0.25, 0.3) is 10.6 Å². The lowest BCUT2D eigenvalue weighted by Gasteiger charge is -2.04. The van der Waals surface area contributed by atoms with Gasteiger partial charge in [-0.3, -0.25) is 0 Å². The number of rotatable bonds is 4. The largest absolute Gasteiger partial charge is 0.494 e. The van der Waals surface area contributed by atoms with Crippen LogP contribution in [0, 0.1) is 0 Å². The molecule has 0 aliphatic heterocycles. The molecule has 2 rings (SSSR count). The molecule has 0 aromatic carbocycles. The van der Waals surface area contributed by atoms with Gasteiger partial charge in [0.25, 0.3) is 0 Å². The molecule has 2 aromatic rings. The third-order valence-electron chi connectivity index (χ3n) is 2.31. The van der Waals surface area contributed by atoms with Gasteiger partial charge in [-0.05, 0) is 18.4 Å². The number of carbonyl (C=O) groups excluding carboxylic acids is 1. The highest BCUT2D eigenvalue weighted by molar-refractivity contribution is 7.13. The Morgan fingerprint density at radius 2 is 2.35 bits per heavy atom. The summed E-state index contributed by atoms with van der Waals surface area (Å²) in [6, 6.07) is 3.88. The molecule has 0 amide bonds. The topological polar surface area (TPSA) is 51.3 Å². The van der Waals surface area contributed by atoms with Crippen molar-refractivity contribution < 1.29 is 14.3 Å². The van der Waals surface area contributed by atoms with Crippen molar-refractivity contribution in [2.24, 2.45) is 0 Å². The van der Waals surface area contributed by atoms with Gasteiger partial charge >= 0.3 is 5.97 Å². The maximum atomic E-state index is 11.9. The fraction of sp³-hybridized carbons (Fsp3) is 0.250. The minimum Gasteiger partial charge on any atom is -0.494 e. The summed E-state index contributed by atoms with van der Waals surface area (Å²) < 4.78 is 10.2. The van der Waals surface area contributed by atoms with Crippen molar-refractivity contribution in [1.29, 1.82) is 0 Å². The number of carbonyl (C=O) groups is 1. The van der Waals surface area contributed by atoms with Crippen molar-refractivity contribution >= 4 is 17.3 Å². The normalized spacial score (nSPS) is 10.2. The van der Waals surface area contributed by atoms with E-state index in [2.05, 4.69) is 4.98 Å². The van der Waals surface area contributed by atoms with Gasteiger partial charge in [0.05, 0.1) is 24.3 Å². The van der Waals surface area contributed by atoms with Crippen LogP contribution in [0.15, 0.2) is 23.7 Å². The number of methoxy groups -OCH3 is 1. The van der Waals surface area contributed by atoms with Gasteiger partial charge in [-0.1, -0.05) is 6.07 Å². The third kappa shape index (κ3) is 2.19.